The van der Waals surface area contributed by atoms with Gasteiger partial charge in [-0.25, -0.2) is 4.39 Å². The Balaban J connectivity index is 1.96. The second-order valence-corrected chi connectivity index (χ2v) is 11.0. The van der Waals surface area contributed by atoms with E-state index in [2.05, 4.69) is 45.1 Å². The van der Waals surface area contributed by atoms with E-state index >= 15 is 4.39 Å². The number of methoxy groups -OCH3 is 1. The van der Waals surface area contributed by atoms with Crippen LogP contribution in [-0.2, 0) is 15.6 Å². The van der Waals surface area contributed by atoms with Crippen LogP contribution in [0.4, 0.5) is 13.6 Å². The minimum Gasteiger partial charge on any atom is -0.493 e. The lowest BCUT2D eigenvalue weighted by Gasteiger charge is -2.42. The number of halogens is 2. The summed E-state index contributed by atoms with van der Waals surface area (Å²) in [7, 11) is 1.30. The van der Waals surface area contributed by atoms with Crippen LogP contribution in [0.3, 0.4) is 0 Å². The zero-order valence-electron chi connectivity index (χ0n) is 19.6. The van der Waals surface area contributed by atoms with Gasteiger partial charge in [0, 0.05) is 11.1 Å². The molecule has 2 aromatic carbocycles. The van der Waals surface area contributed by atoms with Crippen LogP contribution in [0.5, 0.6) is 5.75 Å². The number of carbonyl (C=O) groups is 2. The molecule has 7 heteroatoms. The molecular weight excluding hydrogens is 444 g/mol. The zero-order valence-corrected chi connectivity index (χ0v) is 20.4. The van der Waals surface area contributed by atoms with E-state index in [1.807, 2.05) is 6.92 Å². The van der Waals surface area contributed by atoms with Gasteiger partial charge in [-0.2, -0.15) is 4.39 Å². The van der Waals surface area contributed by atoms with Crippen molar-refractivity contribution in [1.82, 2.24) is 5.32 Å². The molecule has 2 aromatic rings. The Hall–Kier alpha value is -2.67. The Kier molecular flexibility index (Phi) is 5.68. The van der Waals surface area contributed by atoms with Crippen molar-refractivity contribution >= 4 is 29.0 Å². The number of hydrogen-bond acceptors (Lipinski definition) is 4. The smallest absolute Gasteiger partial charge is 0.290 e. The molecule has 1 aliphatic carbocycles. The van der Waals surface area contributed by atoms with Gasteiger partial charge in [0.1, 0.15) is 0 Å². The van der Waals surface area contributed by atoms with Crippen molar-refractivity contribution in [3.8, 4) is 16.9 Å². The maximum absolute atomic E-state index is 15.1. The third-order valence-electron chi connectivity index (χ3n) is 6.81. The molecule has 1 heterocycles. The van der Waals surface area contributed by atoms with Crippen LogP contribution in [0, 0.1) is 18.6 Å². The predicted molar refractivity (Wildman–Crippen MR) is 127 cm³/mol. The summed E-state index contributed by atoms with van der Waals surface area (Å²) in [6, 6.07) is 5.69. The highest BCUT2D eigenvalue weighted by molar-refractivity contribution is 8.18. The van der Waals surface area contributed by atoms with Crippen LogP contribution in [-0.4, -0.2) is 18.3 Å². The molecule has 0 aromatic heterocycles. The van der Waals surface area contributed by atoms with Gasteiger partial charge in [-0.1, -0.05) is 33.8 Å². The summed E-state index contributed by atoms with van der Waals surface area (Å²) >= 11 is 0.657. The molecule has 0 atom stereocenters. The summed E-state index contributed by atoms with van der Waals surface area (Å²) in [5.41, 5.74) is 4.35. The summed E-state index contributed by atoms with van der Waals surface area (Å²) in [6.45, 7) is 10.8. The lowest BCUT2D eigenvalue weighted by molar-refractivity contribution is -0.115. The molecule has 0 saturated carbocycles. The van der Waals surface area contributed by atoms with E-state index in [0.717, 1.165) is 24.0 Å². The van der Waals surface area contributed by atoms with Gasteiger partial charge in [0.2, 0.25) is 5.82 Å². The first-order valence-corrected chi connectivity index (χ1v) is 11.6. The minimum absolute atomic E-state index is 0.0134. The number of imide groups is 1. The molecular formula is C26H27F2NO3S. The number of thioether (sulfide) groups is 1. The van der Waals surface area contributed by atoms with E-state index in [1.165, 1.54) is 30.4 Å². The number of aryl methyl sites for hydroxylation is 1. The number of benzene rings is 2. The van der Waals surface area contributed by atoms with Gasteiger partial charge in [-0.3, -0.25) is 14.9 Å². The van der Waals surface area contributed by atoms with E-state index in [1.54, 1.807) is 0 Å². The first-order valence-electron chi connectivity index (χ1n) is 10.8. The van der Waals surface area contributed by atoms with Gasteiger partial charge in [0.25, 0.3) is 11.1 Å². The zero-order chi connectivity index (χ0) is 24.3. The molecule has 1 N–H and O–H groups in total. The van der Waals surface area contributed by atoms with Crippen molar-refractivity contribution in [1.29, 1.82) is 0 Å². The number of carbonyl (C=O) groups excluding carboxylic acids is 2. The van der Waals surface area contributed by atoms with Crippen LogP contribution in [0.1, 0.15) is 62.8 Å². The van der Waals surface area contributed by atoms with Gasteiger partial charge >= 0.3 is 0 Å². The normalized spacial score (nSPS) is 20.1. The number of ether oxygens (including phenoxy) is 1. The Morgan fingerprint density at radius 2 is 1.58 bits per heavy atom. The van der Waals surface area contributed by atoms with E-state index < -0.39 is 22.8 Å². The fourth-order valence-corrected chi connectivity index (χ4v) is 5.38. The molecule has 4 nitrogen and oxygen atoms in total. The fraction of sp³-hybridized carbons (Fsp3) is 0.385. The Morgan fingerprint density at radius 3 is 2.12 bits per heavy atom. The molecule has 0 spiro atoms. The Labute approximate surface area is 196 Å². The number of rotatable bonds is 3. The van der Waals surface area contributed by atoms with Gasteiger partial charge in [-0.05, 0) is 82.8 Å². The van der Waals surface area contributed by atoms with E-state index in [9.17, 15) is 14.0 Å². The van der Waals surface area contributed by atoms with Gasteiger partial charge in [0.05, 0.1) is 12.0 Å². The van der Waals surface area contributed by atoms with Gasteiger partial charge in [0.15, 0.2) is 11.6 Å². The van der Waals surface area contributed by atoms with Crippen LogP contribution >= 0.6 is 11.8 Å². The summed E-state index contributed by atoms with van der Waals surface area (Å²) < 4.78 is 35.3. The average molecular weight is 472 g/mol. The summed E-state index contributed by atoms with van der Waals surface area (Å²) in [5, 5.41) is 1.58. The van der Waals surface area contributed by atoms with Crippen LogP contribution in [0.2, 0.25) is 0 Å². The van der Waals surface area contributed by atoms with Crippen LogP contribution < -0.4 is 10.1 Å². The third kappa shape index (κ3) is 3.97. The molecule has 2 amide bonds. The lowest BCUT2D eigenvalue weighted by Crippen LogP contribution is -2.34. The van der Waals surface area contributed by atoms with Crippen molar-refractivity contribution in [2.75, 3.05) is 7.11 Å². The second-order valence-electron chi connectivity index (χ2n) is 10.0. The van der Waals surface area contributed by atoms with Gasteiger partial charge in [-0.15, -0.1) is 0 Å². The molecule has 2 aliphatic rings. The quantitative estimate of drug-likeness (QED) is 0.511. The van der Waals surface area contributed by atoms with Crippen LogP contribution in [0.15, 0.2) is 23.1 Å². The minimum atomic E-state index is -1.13. The molecule has 0 bridgehead atoms. The molecule has 174 valence electrons. The number of amides is 2. The monoisotopic (exact) mass is 471 g/mol. The van der Waals surface area contributed by atoms with E-state index in [4.69, 9.17) is 4.74 Å². The predicted octanol–water partition coefficient (Wildman–Crippen LogP) is 6.62. The highest BCUT2D eigenvalue weighted by Crippen LogP contribution is 2.49. The number of nitrogens with one attached hydrogen (secondary N) is 1. The summed E-state index contributed by atoms with van der Waals surface area (Å²) in [6.07, 6.45) is 3.28. The Bertz CT molecular complexity index is 1230. The van der Waals surface area contributed by atoms with Crippen molar-refractivity contribution in [2.24, 2.45) is 0 Å². The SMILES string of the molecule is COc1c(-c2cc3c(cc2C)C(C)(C)CCC3(C)C)cc(C=C2SC(=O)NC2=O)c(F)c1F. The number of fused-ring (bicyclic) bond motifs is 1. The van der Waals surface area contributed by atoms with Crippen molar-refractivity contribution in [3.05, 3.63) is 57.0 Å². The summed E-state index contributed by atoms with van der Waals surface area (Å²) in [5.74, 6) is -3.08. The van der Waals surface area contributed by atoms with Crippen molar-refractivity contribution in [3.63, 3.8) is 0 Å². The maximum atomic E-state index is 15.1. The van der Waals surface area contributed by atoms with Crippen molar-refractivity contribution < 1.29 is 23.1 Å². The topological polar surface area (TPSA) is 55.4 Å². The molecule has 33 heavy (non-hydrogen) atoms. The van der Waals surface area contributed by atoms with Gasteiger partial charge < -0.3 is 4.74 Å². The number of hydrogen-bond donors (Lipinski definition) is 1. The highest BCUT2D eigenvalue weighted by Gasteiger charge is 2.38. The second kappa shape index (κ2) is 7.97. The molecule has 1 aliphatic heterocycles. The fourth-order valence-electron chi connectivity index (χ4n) is 4.71. The first kappa shape index (κ1) is 23.5. The maximum Gasteiger partial charge on any atom is 0.290 e. The summed E-state index contributed by atoms with van der Waals surface area (Å²) in [4.78, 5) is 23.5. The largest absolute Gasteiger partial charge is 0.493 e. The lowest BCUT2D eigenvalue weighted by atomic mass is 9.62. The molecule has 1 fully saturated rings. The van der Waals surface area contributed by atoms with E-state index in [0.29, 0.717) is 17.3 Å². The molecule has 0 radical (unpaired) electrons. The first-order chi connectivity index (χ1) is 15.4. The molecule has 4 rings (SSSR count). The molecule has 1 saturated heterocycles. The average Bonchev–Trinajstić information content (AvgIpc) is 3.05. The van der Waals surface area contributed by atoms with E-state index in [-0.39, 0.29) is 27.0 Å². The van der Waals surface area contributed by atoms with Crippen molar-refractivity contribution in [2.45, 2.75) is 58.3 Å². The third-order valence-corrected chi connectivity index (χ3v) is 7.62. The van der Waals surface area contributed by atoms with Crippen LogP contribution in [0.25, 0.3) is 17.2 Å². The molecule has 0 unspecified atom stereocenters. The standard InChI is InChI=1S/C26H27F2NO3S/c1-13-9-17-18(26(4,5)8-7-25(17,2)3)12-15(13)16-10-14(20(27)21(28)22(16)32-6)11-19-23(30)29-24(31)33-19/h9-12H,7-8H2,1-6H3,(H,29,30,31). The highest BCUT2D eigenvalue weighted by atomic mass is 32.2. The Morgan fingerprint density at radius 1 is 0.970 bits per heavy atom.